The molecule has 7 rings (SSSR count). The predicted molar refractivity (Wildman–Crippen MR) is 155 cm³/mol. The molecule has 3 aromatic carbocycles. The highest BCUT2D eigenvalue weighted by Gasteiger charge is 2.44. The molecule has 196 valence electrons. The molecule has 0 spiro atoms. The number of hydrogen-bond acceptors (Lipinski definition) is 2. The molecule has 0 saturated carbocycles. The number of halogens is 1. The SMILES string of the molecule is O=C([C@H]1CC(=O)N(c2ccccc2Cl)C1)N1CCC(c2c[nH]c3ccccc23)(c2c[nH]c3ccccc23)CC1. The quantitative estimate of drug-likeness (QED) is 0.284. The molecular formula is C32H29ClN4O2. The molecule has 0 aliphatic carbocycles. The monoisotopic (exact) mass is 536 g/mol. The summed E-state index contributed by atoms with van der Waals surface area (Å²) >= 11 is 6.36. The fourth-order valence-corrected chi connectivity index (χ4v) is 7.00. The zero-order valence-corrected chi connectivity index (χ0v) is 22.2. The molecule has 1 atom stereocenters. The molecule has 2 aromatic heterocycles. The van der Waals surface area contributed by atoms with Crippen molar-refractivity contribution < 1.29 is 9.59 Å². The van der Waals surface area contributed by atoms with Gasteiger partial charge in [0.1, 0.15) is 0 Å². The molecule has 2 N–H and O–H groups in total. The van der Waals surface area contributed by atoms with Gasteiger partial charge >= 0.3 is 0 Å². The lowest BCUT2D eigenvalue weighted by Crippen LogP contribution is -2.47. The molecule has 39 heavy (non-hydrogen) atoms. The van der Waals surface area contributed by atoms with Crippen molar-refractivity contribution in [2.24, 2.45) is 5.92 Å². The highest BCUT2D eigenvalue weighted by molar-refractivity contribution is 6.33. The Labute approximate surface area is 231 Å². The van der Waals surface area contributed by atoms with Crippen molar-refractivity contribution in [3.63, 3.8) is 0 Å². The second-order valence-electron chi connectivity index (χ2n) is 10.8. The summed E-state index contributed by atoms with van der Waals surface area (Å²) < 4.78 is 0. The van der Waals surface area contributed by atoms with Crippen LogP contribution in [0, 0.1) is 5.92 Å². The van der Waals surface area contributed by atoms with Gasteiger partial charge in [-0.1, -0.05) is 60.1 Å². The van der Waals surface area contributed by atoms with E-state index in [1.165, 1.54) is 21.9 Å². The highest BCUT2D eigenvalue weighted by Crippen LogP contribution is 2.47. The average Bonchev–Trinajstić information content (AvgIpc) is 3.70. The van der Waals surface area contributed by atoms with E-state index in [4.69, 9.17) is 11.6 Å². The number of carbonyl (C=O) groups is 2. The number of anilines is 1. The smallest absolute Gasteiger partial charge is 0.228 e. The topological polar surface area (TPSA) is 72.2 Å². The van der Waals surface area contributed by atoms with Crippen LogP contribution in [0.1, 0.15) is 30.4 Å². The van der Waals surface area contributed by atoms with Crippen LogP contribution in [0.25, 0.3) is 21.8 Å². The number of rotatable bonds is 4. The fraction of sp³-hybridized carbons (Fsp3) is 0.250. The largest absolute Gasteiger partial charge is 0.361 e. The van der Waals surface area contributed by atoms with Crippen LogP contribution in [0.4, 0.5) is 5.69 Å². The van der Waals surface area contributed by atoms with E-state index in [1.54, 1.807) is 11.0 Å². The number of fused-ring (bicyclic) bond motifs is 2. The van der Waals surface area contributed by atoms with Gasteiger partial charge in [0.15, 0.2) is 0 Å². The molecule has 2 aliphatic rings. The van der Waals surface area contributed by atoms with Crippen molar-refractivity contribution in [2.75, 3.05) is 24.5 Å². The van der Waals surface area contributed by atoms with Gasteiger partial charge in [0.05, 0.1) is 16.6 Å². The molecule has 7 heteroatoms. The van der Waals surface area contributed by atoms with Gasteiger partial charge in [0.25, 0.3) is 0 Å². The number of amides is 2. The van der Waals surface area contributed by atoms with Crippen molar-refractivity contribution >= 4 is 50.9 Å². The summed E-state index contributed by atoms with van der Waals surface area (Å²) in [5.74, 6) is -0.350. The normalized spacial score (nSPS) is 19.3. The van der Waals surface area contributed by atoms with Gasteiger partial charge in [-0.15, -0.1) is 0 Å². The maximum absolute atomic E-state index is 13.7. The second-order valence-corrected chi connectivity index (χ2v) is 11.2. The van der Waals surface area contributed by atoms with Gasteiger partial charge in [-0.25, -0.2) is 0 Å². The van der Waals surface area contributed by atoms with Crippen LogP contribution in [0.2, 0.25) is 5.02 Å². The number of aromatic amines is 2. The minimum absolute atomic E-state index is 0.0506. The number of nitrogens with zero attached hydrogens (tertiary/aromatic N) is 2. The Morgan fingerprint density at radius 2 is 1.38 bits per heavy atom. The Morgan fingerprint density at radius 3 is 2.00 bits per heavy atom. The summed E-state index contributed by atoms with van der Waals surface area (Å²) in [5.41, 5.74) is 5.22. The predicted octanol–water partition coefficient (Wildman–Crippen LogP) is 6.26. The van der Waals surface area contributed by atoms with Crippen molar-refractivity contribution in [1.29, 1.82) is 0 Å². The molecule has 2 fully saturated rings. The molecular weight excluding hydrogens is 508 g/mol. The van der Waals surface area contributed by atoms with Crippen LogP contribution in [0.3, 0.4) is 0 Å². The van der Waals surface area contributed by atoms with E-state index in [0.717, 1.165) is 23.9 Å². The lowest BCUT2D eigenvalue weighted by Gasteiger charge is -2.43. The highest BCUT2D eigenvalue weighted by atomic mass is 35.5. The molecule has 4 heterocycles. The van der Waals surface area contributed by atoms with E-state index in [0.29, 0.717) is 30.3 Å². The molecule has 2 amide bonds. The van der Waals surface area contributed by atoms with Crippen LogP contribution in [0.15, 0.2) is 85.2 Å². The van der Waals surface area contributed by atoms with Crippen LogP contribution >= 0.6 is 11.6 Å². The lowest BCUT2D eigenvalue weighted by molar-refractivity contribution is -0.137. The molecule has 0 unspecified atom stereocenters. The van der Waals surface area contributed by atoms with Gasteiger partial charge in [-0.2, -0.15) is 0 Å². The summed E-state index contributed by atoms with van der Waals surface area (Å²) in [6.07, 6.45) is 6.13. The maximum Gasteiger partial charge on any atom is 0.228 e. The van der Waals surface area contributed by atoms with E-state index in [-0.39, 0.29) is 29.6 Å². The third-order valence-corrected chi connectivity index (χ3v) is 9.08. The maximum atomic E-state index is 13.7. The average molecular weight is 537 g/mol. The van der Waals surface area contributed by atoms with E-state index < -0.39 is 0 Å². The van der Waals surface area contributed by atoms with E-state index in [2.05, 4.69) is 70.9 Å². The molecule has 2 saturated heterocycles. The van der Waals surface area contributed by atoms with Gasteiger partial charge in [0, 0.05) is 65.7 Å². The Morgan fingerprint density at radius 1 is 0.821 bits per heavy atom. The van der Waals surface area contributed by atoms with Gasteiger partial charge in [0.2, 0.25) is 11.8 Å². The number of hydrogen-bond donors (Lipinski definition) is 2. The van der Waals surface area contributed by atoms with Crippen LogP contribution in [0.5, 0.6) is 0 Å². The molecule has 6 nitrogen and oxygen atoms in total. The number of likely N-dealkylation sites (tertiary alicyclic amines) is 1. The number of para-hydroxylation sites is 3. The Hall–Kier alpha value is -4.03. The van der Waals surface area contributed by atoms with Crippen LogP contribution in [-0.4, -0.2) is 46.3 Å². The summed E-state index contributed by atoms with van der Waals surface area (Å²) in [6.45, 7) is 1.64. The molecule has 2 aliphatic heterocycles. The van der Waals surface area contributed by atoms with Crippen molar-refractivity contribution in [3.8, 4) is 0 Å². The van der Waals surface area contributed by atoms with Gasteiger partial charge < -0.3 is 19.8 Å². The number of H-pyrrole nitrogens is 2. The standard InChI is InChI=1S/C32H29ClN4O2/c33-26-9-3-6-12-29(26)37-20-21(17-30(37)38)31(39)36-15-13-32(14-16-36,24-18-34-27-10-4-1-7-22(24)27)25-19-35-28-11-5-2-8-23(25)28/h1-12,18-19,21,34-35H,13-17,20H2/t21-/m0/s1. The summed E-state index contributed by atoms with van der Waals surface area (Å²) in [7, 11) is 0. The van der Waals surface area contributed by atoms with Gasteiger partial charge in [-0.05, 0) is 48.2 Å². The first-order valence-electron chi connectivity index (χ1n) is 13.5. The lowest BCUT2D eigenvalue weighted by atomic mass is 9.67. The van der Waals surface area contributed by atoms with Gasteiger partial charge in [-0.3, -0.25) is 9.59 Å². The number of benzene rings is 3. The van der Waals surface area contributed by atoms with Crippen LogP contribution < -0.4 is 4.90 Å². The van der Waals surface area contributed by atoms with E-state index in [9.17, 15) is 9.59 Å². The minimum atomic E-state index is -0.359. The van der Waals surface area contributed by atoms with E-state index >= 15 is 0 Å². The minimum Gasteiger partial charge on any atom is -0.361 e. The summed E-state index contributed by atoms with van der Waals surface area (Å²) in [6, 6.07) is 24.2. The number of carbonyl (C=O) groups excluding carboxylic acids is 2. The van der Waals surface area contributed by atoms with Crippen LogP contribution in [-0.2, 0) is 15.0 Å². The zero-order valence-electron chi connectivity index (χ0n) is 21.5. The van der Waals surface area contributed by atoms with Crippen molar-refractivity contribution in [2.45, 2.75) is 24.7 Å². The summed E-state index contributed by atoms with van der Waals surface area (Å²) in [4.78, 5) is 37.2. The fourth-order valence-electron chi connectivity index (χ4n) is 6.76. The molecule has 0 radical (unpaired) electrons. The van der Waals surface area contributed by atoms with E-state index in [1.807, 2.05) is 23.1 Å². The third kappa shape index (κ3) is 3.85. The Bertz CT molecular complexity index is 1640. The summed E-state index contributed by atoms with van der Waals surface area (Å²) in [5, 5.41) is 2.97. The third-order valence-electron chi connectivity index (χ3n) is 8.76. The second kappa shape index (κ2) is 9.31. The molecule has 0 bridgehead atoms. The Kier molecular flexibility index (Phi) is 5.74. The van der Waals surface area contributed by atoms with Crippen molar-refractivity contribution in [3.05, 3.63) is 101 Å². The number of nitrogens with one attached hydrogen (secondary N) is 2. The molecule has 5 aromatic rings. The first-order chi connectivity index (χ1) is 19.0. The first-order valence-corrected chi connectivity index (χ1v) is 13.9. The Balaban J connectivity index is 1.19. The first kappa shape index (κ1) is 24.0. The zero-order chi connectivity index (χ0) is 26.6. The number of aromatic nitrogens is 2. The van der Waals surface area contributed by atoms with Crippen molar-refractivity contribution in [1.82, 2.24) is 14.9 Å². The number of piperidine rings is 1.